The van der Waals surface area contributed by atoms with Crippen molar-refractivity contribution in [1.82, 2.24) is 34.7 Å². The molecule has 0 spiro atoms. The van der Waals surface area contributed by atoms with Crippen molar-refractivity contribution in [3.05, 3.63) is 36.5 Å². The van der Waals surface area contributed by atoms with Crippen molar-refractivity contribution in [3.63, 3.8) is 0 Å². The topological polar surface area (TPSA) is 94.4 Å². The van der Waals surface area contributed by atoms with E-state index in [4.69, 9.17) is 9.72 Å². The van der Waals surface area contributed by atoms with Gasteiger partial charge in [-0.1, -0.05) is 0 Å². The summed E-state index contributed by atoms with van der Waals surface area (Å²) in [5, 5.41) is 5.36. The smallest absolute Gasteiger partial charge is 0.227 e. The van der Waals surface area contributed by atoms with Crippen LogP contribution in [-0.4, -0.2) is 41.8 Å². The fraction of sp³-hybridized carbons (Fsp3) is 0.278. The minimum Gasteiger partial charge on any atom is -0.480 e. The van der Waals surface area contributed by atoms with E-state index in [9.17, 15) is 0 Å². The molecular weight excluding hydrogens is 330 g/mol. The number of nitrogens with one attached hydrogen (secondary N) is 1. The molecule has 0 saturated heterocycles. The molecule has 5 rings (SSSR count). The van der Waals surface area contributed by atoms with Crippen LogP contribution in [0, 0.1) is 0 Å². The van der Waals surface area contributed by atoms with Crippen molar-refractivity contribution in [2.24, 2.45) is 7.05 Å². The first-order chi connectivity index (χ1) is 12.7. The summed E-state index contributed by atoms with van der Waals surface area (Å²) in [6.45, 7) is 0. The molecule has 0 amide bonds. The fourth-order valence-corrected chi connectivity index (χ4v) is 3.15. The first kappa shape index (κ1) is 15.0. The zero-order chi connectivity index (χ0) is 17.7. The standard InChI is InChI=1S/C18H17N7O/c1-25-6-5-12(24-25)13-7-11-8-19-17(23-16(11)22-13)14-15(10-3-4-10)20-9-21-18(14)26-2/h5-10H,3-4H2,1-2H3,(H,19,22,23). The summed E-state index contributed by atoms with van der Waals surface area (Å²) < 4.78 is 7.22. The van der Waals surface area contributed by atoms with Gasteiger partial charge in [0.2, 0.25) is 5.88 Å². The molecule has 0 atom stereocenters. The summed E-state index contributed by atoms with van der Waals surface area (Å²) in [7, 11) is 3.50. The van der Waals surface area contributed by atoms with Gasteiger partial charge in [0, 0.05) is 30.7 Å². The van der Waals surface area contributed by atoms with Crippen LogP contribution in [0.3, 0.4) is 0 Å². The van der Waals surface area contributed by atoms with Crippen LogP contribution in [0.15, 0.2) is 30.9 Å². The van der Waals surface area contributed by atoms with E-state index in [2.05, 4.69) is 25.0 Å². The Morgan fingerprint density at radius 3 is 2.85 bits per heavy atom. The molecule has 1 fully saturated rings. The summed E-state index contributed by atoms with van der Waals surface area (Å²) in [5.41, 5.74) is 4.28. The zero-order valence-electron chi connectivity index (χ0n) is 14.5. The van der Waals surface area contributed by atoms with Gasteiger partial charge in [0.05, 0.1) is 18.5 Å². The van der Waals surface area contributed by atoms with Crippen LogP contribution >= 0.6 is 0 Å². The van der Waals surface area contributed by atoms with Crippen molar-refractivity contribution in [1.29, 1.82) is 0 Å². The van der Waals surface area contributed by atoms with Crippen molar-refractivity contribution < 1.29 is 4.74 Å². The zero-order valence-corrected chi connectivity index (χ0v) is 14.5. The maximum Gasteiger partial charge on any atom is 0.227 e. The molecule has 8 nitrogen and oxygen atoms in total. The number of ether oxygens (including phenoxy) is 1. The number of H-pyrrole nitrogens is 1. The predicted molar refractivity (Wildman–Crippen MR) is 95.6 cm³/mol. The number of aryl methyl sites for hydroxylation is 1. The van der Waals surface area contributed by atoms with Gasteiger partial charge < -0.3 is 9.72 Å². The second kappa shape index (κ2) is 5.62. The number of nitrogens with zero attached hydrogens (tertiary/aromatic N) is 6. The lowest BCUT2D eigenvalue weighted by Gasteiger charge is -2.10. The first-order valence-corrected chi connectivity index (χ1v) is 8.48. The number of hydrogen-bond donors (Lipinski definition) is 1. The van der Waals surface area contributed by atoms with E-state index in [1.54, 1.807) is 18.1 Å². The van der Waals surface area contributed by atoms with Gasteiger partial charge in [0.25, 0.3) is 0 Å². The number of hydrogen-bond acceptors (Lipinski definition) is 6. The van der Waals surface area contributed by atoms with Gasteiger partial charge >= 0.3 is 0 Å². The molecule has 4 aromatic rings. The number of aromatic nitrogens is 7. The van der Waals surface area contributed by atoms with Gasteiger partial charge in [-0.2, -0.15) is 5.10 Å². The average Bonchev–Trinajstić information content (AvgIpc) is 3.28. The van der Waals surface area contributed by atoms with Gasteiger partial charge in [-0.3, -0.25) is 4.68 Å². The van der Waals surface area contributed by atoms with Crippen molar-refractivity contribution in [2.75, 3.05) is 7.11 Å². The number of methoxy groups -OCH3 is 1. The highest BCUT2D eigenvalue weighted by Crippen LogP contribution is 2.44. The molecule has 1 N–H and O–H groups in total. The molecule has 130 valence electrons. The van der Waals surface area contributed by atoms with Crippen LogP contribution in [0.5, 0.6) is 5.88 Å². The van der Waals surface area contributed by atoms with Crippen molar-refractivity contribution in [3.8, 4) is 28.7 Å². The lowest BCUT2D eigenvalue weighted by Crippen LogP contribution is -2.02. The lowest BCUT2D eigenvalue weighted by atomic mass is 10.1. The Kier molecular flexibility index (Phi) is 3.24. The molecule has 1 aliphatic rings. The Morgan fingerprint density at radius 1 is 1.23 bits per heavy atom. The molecule has 26 heavy (non-hydrogen) atoms. The molecule has 0 aromatic carbocycles. The minimum absolute atomic E-state index is 0.439. The van der Waals surface area contributed by atoms with E-state index < -0.39 is 0 Å². The SMILES string of the molecule is COc1ncnc(C2CC2)c1-c1ncc2cc(-c3ccn(C)n3)[nH]c2n1. The molecule has 1 saturated carbocycles. The molecule has 0 bridgehead atoms. The van der Waals surface area contributed by atoms with E-state index in [1.807, 2.05) is 31.6 Å². The maximum atomic E-state index is 5.45. The number of rotatable bonds is 4. The van der Waals surface area contributed by atoms with Gasteiger partial charge in [-0.15, -0.1) is 0 Å². The summed E-state index contributed by atoms with van der Waals surface area (Å²) in [6, 6.07) is 3.96. The monoisotopic (exact) mass is 347 g/mol. The average molecular weight is 347 g/mol. The highest BCUT2D eigenvalue weighted by atomic mass is 16.5. The quantitative estimate of drug-likeness (QED) is 0.610. The maximum absolute atomic E-state index is 5.45. The predicted octanol–water partition coefficient (Wildman–Crippen LogP) is 2.70. The first-order valence-electron chi connectivity index (χ1n) is 8.48. The van der Waals surface area contributed by atoms with E-state index >= 15 is 0 Å². The molecular formula is C18H17N7O. The van der Waals surface area contributed by atoms with Crippen LogP contribution < -0.4 is 4.74 Å². The van der Waals surface area contributed by atoms with E-state index in [0.717, 1.165) is 46.5 Å². The summed E-state index contributed by atoms with van der Waals surface area (Å²) in [5.74, 6) is 1.53. The molecule has 0 radical (unpaired) electrons. The second-order valence-corrected chi connectivity index (χ2v) is 6.47. The van der Waals surface area contributed by atoms with Crippen molar-refractivity contribution in [2.45, 2.75) is 18.8 Å². The molecule has 0 aliphatic heterocycles. The highest BCUT2D eigenvalue weighted by molar-refractivity contribution is 5.83. The second-order valence-electron chi connectivity index (χ2n) is 6.47. The van der Waals surface area contributed by atoms with E-state index in [1.165, 1.54) is 0 Å². The summed E-state index contributed by atoms with van der Waals surface area (Å²) in [6.07, 6.45) is 7.52. The van der Waals surface area contributed by atoms with E-state index in [0.29, 0.717) is 17.6 Å². The van der Waals surface area contributed by atoms with Crippen LogP contribution in [0.1, 0.15) is 24.5 Å². The van der Waals surface area contributed by atoms with Gasteiger partial charge in [-0.05, 0) is 25.0 Å². The van der Waals surface area contributed by atoms with Gasteiger partial charge in [0.1, 0.15) is 23.2 Å². The summed E-state index contributed by atoms with van der Waals surface area (Å²) in [4.78, 5) is 21.3. The normalized spacial score (nSPS) is 14.1. The largest absolute Gasteiger partial charge is 0.480 e. The Labute approximate surface area is 149 Å². The summed E-state index contributed by atoms with van der Waals surface area (Å²) >= 11 is 0. The van der Waals surface area contributed by atoms with Crippen LogP contribution in [0.2, 0.25) is 0 Å². The Bertz CT molecular complexity index is 1110. The third-order valence-corrected chi connectivity index (χ3v) is 4.58. The fourth-order valence-electron chi connectivity index (χ4n) is 3.15. The molecule has 0 unspecified atom stereocenters. The molecule has 1 aliphatic carbocycles. The molecule has 8 heteroatoms. The molecule has 4 aromatic heterocycles. The molecule has 4 heterocycles. The van der Waals surface area contributed by atoms with Crippen molar-refractivity contribution >= 4 is 11.0 Å². The highest BCUT2D eigenvalue weighted by Gasteiger charge is 2.31. The van der Waals surface area contributed by atoms with E-state index in [-0.39, 0.29) is 0 Å². The third kappa shape index (κ3) is 2.42. The Hall–Kier alpha value is -3.29. The van der Waals surface area contributed by atoms with Crippen LogP contribution in [0.25, 0.3) is 33.8 Å². The van der Waals surface area contributed by atoms with Crippen LogP contribution in [0.4, 0.5) is 0 Å². The number of fused-ring (bicyclic) bond motifs is 1. The third-order valence-electron chi connectivity index (χ3n) is 4.58. The lowest BCUT2D eigenvalue weighted by molar-refractivity contribution is 0.397. The van der Waals surface area contributed by atoms with Crippen LogP contribution in [-0.2, 0) is 7.05 Å². The van der Waals surface area contributed by atoms with Gasteiger partial charge in [0.15, 0.2) is 5.82 Å². The minimum atomic E-state index is 0.439. The van der Waals surface area contributed by atoms with Gasteiger partial charge in [-0.25, -0.2) is 19.9 Å². The number of aromatic amines is 1. The Balaban J connectivity index is 1.64. The Morgan fingerprint density at radius 2 is 2.12 bits per heavy atom.